The van der Waals surface area contributed by atoms with Crippen LogP contribution in [-0.4, -0.2) is 53.2 Å². The molecule has 0 spiro atoms. The number of nitrogens with zero attached hydrogens (tertiary/aromatic N) is 2. The normalized spacial score (nSPS) is 14.7. The summed E-state index contributed by atoms with van der Waals surface area (Å²) in [5, 5.41) is 9.63. The van der Waals surface area contributed by atoms with Crippen molar-refractivity contribution in [2.24, 2.45) is 5.92 Å². The molecule has 1 aromatic heterocycles. The molecule has 1 saturated carbocycles. The third kappa shape index (κ3) is 6.87. The van der Waals surface area contributed by atoms with Crippen LogP contribution in [0.1, 0.15) is 37.7 Å². The van der Waals surface area contributed by atoms with Crippen molar-refractivity contribution in [3.05, 3.63) is 66.4 Å². The summed E-state index contributed by atoms with van der Waals surface area (Å²) in [7, 11) is 1.83. The second kappa shape index (κ2) is 12.2. The number of amides is 1. The van der Waals surface area contributed by atoms with Gasteiger partial charge in [0.25, 0.3) is 0 Å². The van der Waals surface area contributed by atoms with E-state index in [0.717, 1.165) is 36.8 Å². The molecule has 0 bridgehead atoms. The summed E-state index contributed by atoms with van der Waals surface area (Å²) in [6.07, 6.45) is 5.86. The third-order valence-electron chi connectivity index (χ3n) is 6.43. The molecule has 8 heteroatoms. The minimum absolute atomic E-state index is 0.0897. The fraction of sp³-hybridized carbons (Fsp3) is 0.393. The van der Waals surface area contributed by atoms with Crippen molar-refractivity contribution in [1.82, 2.24) is 9.88 Å². The number of carbonyl (C=O) groups is 2. The molecule has 0 saturated heterocycles. The maximum atomic E-state index is 12.5. The molecule has 1 atom stereocenters. The van der Waals surface area contributed by atoms with Crippen molar-refractivity contribution in [1.29, 1.82) is 0 Å². The smallest absolute Gasteiger partial charge is 0.394 e. The van der Waals surface area contributed by atoms with Crippen LogP contribution in [0.2, 0.25) is 0 Å². The molecule has 8 nitrogen and oxygen atoms in total. The molecule has 1 N–H and O–H groups in total. The largest absolute Gasteiger partial charge is 0.492 e. The molecule has 4 rings (SSSR count). The Balaban J connectivity index is 1.26. The van der Waals surface area contributed by atoms with Gasteiger partial charge >= 0.3 is 12.0 Å². The van der Waals surface area contributed by atoms with Crippen molar-refractivity contribution in [2.75, 3.05) is 20.2 Å². The number of oxazole rings is 1. The Morgan fingerprint density at radius 1 is 1.08 bits per heavy atom. The highest BCUT2D eigenvalue weighted by Gasteiger charge is 2.24. The van der Waals surface area contributed by atoms with E-state index in [9.17, 15) is 14.7 Å². The molecule has 190 valence electrons. The van der Waals surface area contributed by atoms with E-state index in [1.807, 2.05) is 37.4 Å². The van der Waals surface area contributed by atoms with Crippen molar-refractivity contribution in [3.8, 4) is 23.1 Å². The predicted octanol–water partition coefficient (Wildman–Crippen LogP) is 4.83. The fourth-order valence-electron chi connectivity index (χ4n) is 4.36. The molecule has 2 aromatic carbocycles. The van der Waals surface area contributed by atoms with Gasteiger partial charge in [0.05, 0.1) is 12.7 Å². The molecular formula is C28H32N2O6. The van der Waals surface area contributed by atoms with Gasteiger partial charge in [0.15, 0.2) is 5.76 Å². The van der Waals surface area contributed by atoms with Crippen molar-refractivity contribution in [2.45, 2.75) is 44.6 Å². The number of carboxylic acids is 1. The third-order valence-corrected chi connectivity index (χ3v) is 6.43. The second-order valence-corrected chi connectivity index (χ2v) is 9.09. The van der Waals surface area contributed by atoms with Crippen molar-refractivity contribution in [3.63, 3.8) is 0 Å². The van der Waals surface area contributed by atoms with Gasteiger partial charge in [-0.1, -0.05) is 61.7 Å². The van der Waals surface area contributed by atoms with Crippen LogP contribution in [0.15, 0.2) is 65.2 Å². The number of aromatic nitrogens is 1. The molecule has 3 aromatic rings. The average molecular weight is 493 g/mol. The van der Waals surface area contributed by atoms with Gasteiger partial charge in [-0.3, -0.25) is 4.79 Å². The fourth-order valence-corrected chi connectivity index (χ4v) is 4.36. The van der Waals surface area contributed by atoms with E-state index in [1.165, 1.54) is 12.6 Å². The van der Waals surface area contributed by atoms with Crippen LogP contribution in [0.3, 0.4) is 0 Å². The summed E-state index contributed by atoms with van der Waals surface area (Å²) < 4.78 is 16.9. The highest BCUT2D eigenvalue weighted by molar-refractivity contribution is 5.78. The number of ether oxygens (including phenoxy) is 2. The first-order chi connectivity index (χ1) is 17.5. The van der Waals surface area contributed by atoms with E-state index < -0.39 is 12.1 Å². The minimum atomic E-state index is -1.15. The molecule has 1 fully saturated rings. The van der Waals surface area contributed by atoms with Gasteiger partial charge in [-0.05, 0) is 30.5 Å². The van der Waals surface area contributed by atoms with Crippen molar-refractivity contribution < 1.29 is 28.6 Å². The van der Waals surface area contributed by atoms with Crippen LogP contribution in [0.4, 0.5) is 0 Å². The van der Waals surface area contributed by atoms with E-state index >= 15 is 0 Å². The Kier molecular flexibility index (Phi) is 8.60. The molecule has 1 aliphatic rings. The first kappa shape index (κ1) is 25.3. The Bertz CT molecular complexity index is 1120. The minimum Gasteiger partial charge on any atom is -0.492 e. The Labute approximate surface area is 210 Å². The first-order valence-corrected chi connectivity index (χ1v) is 12.4. The summed E-state index contributed by atoms with van der Waals surface area (Å²) >= 11 is 0. The molecule has 0 radical (unpaired) electrons. The molecular weight excluding hydrogens is 460 g/mol. The SMILES string of the molecule is CN(CCOc1ccc(CC(Oc2ncc(-c3ccccc3)o2)C(=O)O)cc1)C(=O)C1CCCCC1. The van der Waals surface area contributed by atoms with Crippen molar-refractivity contribution >= 4 is 11.9 Å². The number of carbonyl (C=O) groups excluding carboxylic acids is 1. The zero-order valence-electron chi connectivity index (χ0n) is 20.5. The van der Waals surface area contributed by atoms with Crippen LogP contribution in [0.25, 0.3) is 11.3 Å². The van der Waals surface area contributed by atoms with Gasteiger partial charge in [-0.15, -0.1) is 0 Å². The maximum Gasteiger partial charge on any atom is 0.394 e. The van der Waals surface area contributed by atoms with Crippen LogP contribution < -0.4 is 9.47 Å². The average Bonchev–Trinajstić information content (AvgIpc) is 3.38. The molecule has 1 amide bonds. The van der Waals surface area contributed by atoms with Gasteiger partial charge in [0, 0.05) is 24.9 Å². The van der Waals surface area contributed by atoms with Gasteiger partial charge in [-0.2, -0.15) is 4.98 Å². The lowest BCUT2D eigenvalue weighted by molar-refractivity contribution is -0.145. The molecule has 0 aliphatic heterocycles. The Hall–Kier alpha value is -3.81. The van der Waals surface area contributed by atoms with E-state index in [4.69, 9.17) is 13.9 Å². The number of hydrogen-bond acceptors (Lipinski definition) is 6. The number of rotatable bonds is 11. The van der Waals surface area contributed by atoms with E-state index in [0.29, 0.717) is 24.7 Å². The standard InChI is InChI=1S/C28H32N2O6/c1-30(26(31)22-10-6-3-7-11-22)16-17-34-23-14-12-20(13-15-23)18-24(27(32)33)35-28-29-19-25(36-28)21-8-4-2-5-9-21/h2,4-5,8-9,12-15,19,22,24H,3,6-7,10-11,16-18H2,1H3,(H,32,33). The van der Waals surface area contributed by atoms with Crippen LogP contribution >= 0.6 is 0 Å². The Morgan fingerprint density at radius 2 is 1.81 bits per heavy atom. The van der Waals surface area contributed by atoms with Gasteiger partial charge in [0.1, 0.15) is 12.4 Å². The highest BCUT2D eigenvalue weighted by Crippen LogP contribution is 2.26. The first-order valence-electron chi connectivity index (χ1n) is 12.4. The van der Waals surface area contributed by atoms with E-state index in [2.05, 4.69) is 4.98 Å². The number of benzene rings is 2. The summed E-state index contributed by atoms with van der Waals surface area (Å²) in [5.41, 5.74) is 1.60. The maximum absolute atomic E-state index is 12.5. The summed E-state index contributed by atoms with van der Waals surface area (Å²) in [5.74, 6) is 0.400. The second-order valence-electron chi connectivity index (χ2n) is 9.09. The quantitative estimate of drug-likeness (QED) is 0.409. The van der Waals surface area contributed by atoms with E-state index in [1.54, 1.807) is 29.2 Å². The monoisotopic (exact) mass is 492 g/mol. The number of likely N-dealkylation sites (N-methyl/N-ethyl adjacent to an activating group) is 1. The Morgan fingerprint density at radius 3 is 2.50 bits per heavy atom. The lowest BCUT2D eigenvalue weighted by Gasteiger charge is -2.26. The predicted molar refractivity (Wildman–Crippen MR) is 134 cm³/mol. The number of aliphatic carboxylic acids is 1. The zero-order chi connectivity index (χ0) is 25.3. The number of hydrogen-bond donors (Lipinski definition) is 1. The van der Waals surface area contributed by atoms with Gasteiger partial charge < -0.3 is 23.9 Å². The number of carboxylic acid groups (broad SMARTS) is 1. The van der Waals surface area contributed by atoms with Gasteiger partial charge in [-0.25, -0.2) is 4.79 Å². The highest BCUT2D eigenvalue weighted by atomic mass is 16.6. The molecule has 1 heterocycles. The van der Waals surface area contributed by atoms with Gasteiger partial charge in [0.2, 0.25) is 12.0 Å². The topological polar surface area (TPSA) is 102 Å². The van der Waals surface area contributed by atoms with Crippen LogP contribution in [-0.2, 0) is 16.0 Å². The lowest BCUT2D eigenvalue weighted by Crippen LogP contribution is -2.36. The molecule has 1 aliphatic carbocycles. The molecule has 1 unspecified atom stereocenters. The summed E-state index contributed by atoms with van der Waals surface area (Å²) in [4.78, 5) is 30.1. The molecule has 36 heavy (non-hydrogen) atoms. The summed E-state index contributed by atoms with van der Waals surface area (Å²) in [6, 6.07) is 16.6. The van der Waals surface area contributed by atoms with Crippen LogP contribution in [0, 0.1) is 5.92 Å². The van der Waals surface area contributed by atoms with E-state index in [-0.39, 0.29) is 24.3 Å². The lowest BCUT2D eigenvalue weighted by atomic mass is 9.88. The van der Waals surface area contributed by atoms with Crippen LogP contribution in [0.5, 0.6) is 11.8 Å². The zero-order valence-corrected chi connectivity index (χ0v) is 20.5. The summed E-state index contributed by atoms with van der Waals surface area (Å²) in [6.45, 7) is 0.913.